The van der Waals surface area contributed by atoms with Crippen molar-refractivity contribution in [2.45, 2.75) is 51.9 Å². The summed E-state index contributed by atoms with van der Waals surface area (Å²) < 4.78 is 0. The van der Waals surface area contributed by atoms with E-state index in [4.69, 9.17) is 0 Å². The number of carbonyl (C=O) groups excluding carboxylic acids is 1. The lowest BCUT2D eigenvalue weighted by Gasteiger charge is -2.29. The highest BCUT2D eigenvalue weighted by molar-refractivity contribution is 7.99. The van der Waals surface area contributed by atoms with E-state index in [0.717, 1.165) is 17.9 Å². The molecule has 0 bridgehead atoms. The fraction of sp³-hybridized carbons (Fsp3) is 0.632. The minimum atomic E-state index is 0.340. The second kappa shape index (κ2) is 9.30. The van der Waals surface area contributed by atoms with E-state index in [2.05, 4.69) is 18.7 Å². The smallest absolute Gasteiger partial charge is 0.163 e. The third kappa shape index (κ3) is 5.50. The van der Waals surface area contributed by atoms with Crippen molar-refractivity contribution >= 4 is 17.5 Å². The van der Waals surface area contributed by atoms with Crippen LogP contribution in [0.1, 0.15) is 62.2 Å². The minimum Gasteiger partial charge on any atom is -0.294 e. The topological polar surface area (TPSA) is 17.1 Å². The average Bonchev–Trinajstić information content (AvgIpc) is 2.55. The molecule has 0 radical (unpaired) electrons. The van der Waals surface area contributed by atoms with E-state index >= 15 is 0 Å². The van der Waals surface area contributed by atoms with Crippen molar-refractivity contribution in [3.05, 3.63) is 35.9 Å². The van der Waals surface area contributed by atoms with Crippen molar-refractivity contribution in [1.82, 2.24) is 0 Å². The van der Waals surface area contributed by atoms with Crippen LogP contribution in [0.2, 0.25) is 0 Å². The van der Waals surface area contributed by atoms with Crippen LogP contribution in [0, 0.1) is 11.8 Å². The van der Waals surface area contributed by atoms with Crippen LogP contribution in [0.15, 0.2) is 30.3 Å². The van der Waals surface area contributed by atoms with E-state index in [0.29, 0.717) is 11.7 Å². The van der Waals surface area contributed by atoms with Crippen molar-refractivity contribution in [3.63, 3.8) is 0 Å². The number of unbranched alkanes of at least 4 members (excludes halogenated alkanes) is 2. The predicted molar refractivity (Wildman–Crippen MR) is 93.1 cm³/mol. The van der Waals surface area contributed by atoms with Gasteiger partial charge in [0.2, 0.25) is 0 Å². The minimum absolute atomic E-state index is 0.340. The Bertz CT molecular complexity index is 409. The highest BCUT2D eigenvalue weighted by Gasteiger charge is 2.26. The maximum atomic E-state index is 12.5. The Balaban J connectivity index is 1.95. The Morgan fingerprint density at radius 3 is 2.76 bits per heavy atom. The van der Waals surface area contributed by atoms with Gasteiger partial charge in [-0.2, -0.15) is 11.8 Å². The highest BCUT2D eigenvalue weighted by atomic mass is 32.2. The van der Waals surface area contributed by atoms with Gasteiger partial charge in [0.05, 0.1) is 0 Å². The molecule has 0 N–H and O–H groups in total. The lowest BCUT2D eigenvalue weighted by molar-refractivity contribution is 0.0939. The van der Waals surface area contributed by atoms with Crippen LogP contribution in [-0.2, 0) is 0 Å². The number of rotatable bonds is 8. The maximum Gasteiger partial charge on any atom is 0.163 e. The molecule has 0 saturated carbocycles. The van der Waals surface area contributed by atoms with Gasteiger partial charge in [-0.3, -0.25) is 4.79 Å². The maximum absolute atomic E-state index is 12.5. The summed E-state index contributed by atoms with van der Waals surface area (Å²) in [6.45, 7) is 2.25. The molecule has 1 nitrogen and oxygen atoms in total. The predicted octanol–water partition coefficient (Wildman–Crippen LogP) is 5.60. The van der Waals surface area contributed by atoms with Crippen LogP contribution in [0.3, 0.4) is 0 Å². The first kappa shape index (κ1) is 16.6. The van der Waals surface area contributed by atoms with Crippen molar-refractivity contribution in [2.24, 2.45) is 11.8 Å². The molecule has 0 aliphatic carbocycles. The van der Waals surface area contributed by atoms with E-state index in [1.807, 2.05) is 30.3 Å². The molecule has 1 aromatic carbocycles. The fourth-order valence-electron chi connectivity index (χ4n) is 3.28. The summed E-state index contributed by atoms with van der Waals surface area (Å²) in [5.41, 5.74) is 0.890. The Morgan fingerprint density at radius 1 is 1.29 bits per heavy atom. The summed E-state index contributed by atoms with van der Waals surface area (Å²) in [5.74, 6) is 4.27. The molecule has 1 aliphatic rings. The molecular formula is C19H28OS. The van der Waals surface area contributed by atoms with Crippen LogP contribution in [0.25, 0.3) is 0 Å². The summed E-state index contributed by atoms with van der Waals surface area (Å²) in [6.07, 6.45) is 8.49. The molecule has 1 fully saturated rings. The molecule has 0 spiro atoms. The van der Waals surface area contributed by atoms with Crippen LogP contribution in [0.5, 0.6) is 0 Å². The molecule has 2 heteroatoms. The van der Waals surface area contributed by atoms with E-state index < -0.39 is 0 Å². The molecule has 21 heavy (non-hydrogen) atoms. The van der Waals surface area contributed by atoms with Gasteiger partial charge in [0, 0.05) is 12.0 Å². The van der Waals surface area contributed by atoms with Crippen LogP contribution in [0.4, 0.5) is 0 Å². The monoisotopic (exact) mass is 304 g/mol. The number of hydrogen-bond donors (Lipinski definition) is 0. The van der Waals surface area contributed by atoms with Gasteiger partial charge >= 0.3 is 0 Å². The van der Waals surface area contributed by atoms with Crippen LogP contribution < -0.4 is 0 Å². The summed E-state index contributed by atoms with van der Waals surface area (Å²) in [6, 6.07) is 9.83. The quantitative estimate of drug-likeness (QED) is 0.459. The molecule has 0 aromatic heterocycles. The zero-order valence-electron chi connectivity index (χ0n) is 13.2. The van der Waals surface area contributed by atoms with Crippen molar-refractivity contribution in [1.29, 1.82) is 0 Å². The summed E-state index contributed by atoms with van der Waals surface area (Å²) in [4.78, 5) is 12.5. The normalized spacial score (nSPS) is 20.1. The van der Waals surface area contributed by atoms with E-state index in [9.17, 15) is 4.79 Å². The molecule has 1 aliphatic heterocycles. The first-order valence-electron chi connectivity index (χ1n) is 8.47. The van der Waals surface area contributed by atoms with E-state index in [-0.39, 0.29) is 0 Å². The summed E-state index contributed by atoms with van der Waals surface area (Å²) in [5, 5.41) is 0. The highest BCUT2D eigenvalue weighted by Crippen LogP contribution is 2.34. The molecule has 2 atom stereocenters. The number of Topliss-reactive ketones (excluding diaryl/α,β-unsaturated/α-hetero) is 1. The standard InChI is InChI=1S/C19H28OS/c1-2-3-5-11-17(18-12-8-13-21-15-18)14-19(20)16-9-6-4-7-10-16/h4,6-7,9-10,17-18H,2-3,5,8,11-15H2,1H3. The number of carbonyl (C=O) groups is 1. The third-order valence-corrected chi connectivity index (χ3v) is 5.83. The van der Waals surface area contributed by atoms with Gasteiger partial charge in [0.15, 0.2) is 5.78 Å². The zero-order valence-corrected chi connectivity index (χ0v) is 14.0. The second-order valence-corrected chi connectivity index (χ2v) is 7.38. The van der Waals surface area contributed by atoms with Gasteiger partial charge in [-0.1, -0.05) is 56.5 Å². The summed E-state index contributed by atoms with van der Waals surface area (Å²) >= 11 is 2.08. The SMILES string of the molecule is CCCCCC(CC(=O)c1ccccc1)C1CCCSC1. The number of hydrogen-bond acceptors (Lipinski definition) is 2. The van der Waals surface area contributed by atoms with E-state index in [1.165, 1.54) is 50.0 Å². The Hall–Kier alpha value is -0.760. The summed E-state index contributed by atoms with van der Waals surface area (Å²) in [7, 11) is 0. The first-order valence-corrected chi connectivity index (χ1v) is 9.62. The fourth-order valence-corrected chi connectivity index (χ4v) is 4.56. The van der Waals surface area contributed by atoms with Crippen molar-refractivity contribution in [2.75, 3.05) is 11.5 Å². The molecule has 2 rings (SSSR count). The lowest BCUT2D eigenvalue weighted by atomic mass is 9.81. The van der Waals surface area contributed by atoms with Gasteiger partial charge in [-0.05, 0) is 42.6 Å². The van der Waals surface area contributed by atoms with Gasteiger partial charge in [0.1, 0.15) is 0 Å². The van der Waals surface area contributed by atoms with E-state index in [1.54, 1.807) is 0 Å². The molecule has 1 saturated heterocycles. The Morgan fingerprint density at radius 2 is 2.10 bits per heavy atom. The Kier molecular flexibility index (Phi) is 7.35. The van der Waals surface area contributed by atoms with Gasteiger partial charge in [-0.15, -0.1) is 0 Å². The largest absolute Gasteiger partial charge is 0.294 e. The van der Waals surface area contributed by atoms with Crippen LogP contribution >= 0.6 is 11.8 Å². The van der Waals surface area contributed by atoms with Gasteiger partial charge < -0.3 is 0 Å². The number of ketones is 1. The second-order valence-electron chi connectivity index (χ2n) is 6.23. The van der Waals surface area contributed by atoms with Gasteiger partial charge in [-0.25, -0.2) is 0 Å². The molecule has 2 unspecified atom stereocenters. The third-order valence-electron chi connectivity index (χ3n) is 4.58. The number of benzene rings is 1. The molecule has 0 amide bonds. The van der Waals surface area contributed by atoms with Crippen molar-refractivity contribution in [3.8, 4) is 0 Å². The van der Waals surface area contributed by atoms with Gasteiger partial charge in [0.25, 0.3) is 0 Å². The zero-order chi connectivity index (χ0) is 14.9. The molecule has 1 heterocycles. The molecular weight excluding hydrogens is 276 g/mol. The number of thioether (sulfide) groups is 1. The first-order chi connectivity index (χ1) is 10.3. The molecule has 1 aromatic rings. The molecule has 116 valence electrons. The van der Waals surface area contributed by atoms with Crippen LogP contribution in [-0.4, -0.2) is 17.3 Å². The Labute approximate surface area is 133 Å². The average molecular weight is 304 g/mol. The lowest BCUT2D eigenvalue weighted by Crippen LogP contribution is -2.23. The van der Waals surface area contributed by atoms with Crippen molar-refractivity contribution < 1.29 is 4.79 Å².